The summed E-state index contributed by atoms with van der Waals surface area (Å²) in [4.78, 5) is 13.7. The molecule has 0 bridgehead atoms. The van der Waals surface area contributed by atoms with Crippen molar-refractivity contribution in [2.45, 2.75) is 24.9 Å². The molecule has 1 fully saturated rings. The largest absolute Gasteiger partial charge is 0.497 e. The van der Waals surface area contributed by atoms with Gasteiger partial charge in [-0.25, -0.2) is 0 Å². The molecule has 1 N–H and O–H groups in total. The standard InChI is InChI=1S/C27H28ClNO5/c1-32-22-8-3-19(4-9-22)15-29(16-20-5-10-23(33-2)11-6-20)25-13-21(7-12-24(25)28)27(14-26(30)31)17-34-18-27/h3-13H,14-18H2,1-2H3,(H,30,31). The molecule has 3 aromatic carbocycles. The smallest absolute Gasteiger partial charge is 0.304 e. The Labute approximate surface area is 204 Å². The highest BCUT2D eigenvalue weighted by Crippen LogP contribution is 2.40. The van der Waals surface area contributed by atoms with E-state index in [1.807, 2.05) is 66.7 Å². The summed E-state index contributed by atoms with van der Waals surface area (Å²) in [7, 11) is 3.29. The molecule has 0 radical (unpaired) electrons. The number of carboxylic acids is 1. The third kappa shape index (κ3) is 5.29. The van der Waals surface area contributed by atoms with Gasteiger partial charge in [-0.15, -0.1) is 0 Å². The summed E-state index contributed by atoms with van der Waals surface area (Å²) in [5.74, 6) is 0.755. The van der Waals surface area contributed by atoms with Gasteiger partial charge in [0.2, 0.25) is 0 Å². The number of benzene rings is 3. The van der Waals surface area contributed by atoms with Crippen molar-refractivity contribution in [2.75, 3.05) is 32.3 Å². The molecular formula is C27H28ClNO5. The van der Waals surface area contributed by atoms with Crippen LogP contribution >= 0.6 is 11.6 Å². The molecular weight excluding hydrogens is 454 g/mol. The van der Waals surface area contributed by atoms with Crippen molar-refractivity contribution in [2.24, 2.45) is 0 Å². The lowest BCUT2D eigenvalue weighted by Gasteiger charge is -2.41. The first-order chi connectivity index (χ1) is 16.4. The molecule has 0 aromatic heterocycles. The summed E-state index contributed by atoms with van der Waals surface area (Å²) in [5.41, 5.74) is 3.44. The van der Waals surface area contributed by atoms with Crippen molar-refractivity contribution < 1.29 is 24.1 Å². The van der Waals surface area contributed by atoms with Crippen LogP contribution in [0.25, 0.3) is 0 Å². The Morgan fingerprint density at radius 2 is 1.47 bits per heavy atom. The van der Waals surface area contributed by atoms with Crippen molar-refractivity contribution in [3.8, 4) is 11.5 Å². The monoisotopic (exact) mass is 481 g/mol. The molecule has 0 atom stereocenters. The van der Waals surface area contributed by atoms with Crippen molar-refractivity contribution in [1.29, 1.82) is 0 Å². The second-order valence-electron chi connectivity index (χ2n) is 8.56. The van der Waals surface area contributed by atoms with E-state index in [1.165, 1.54) is 0 Å². The molecule has 0 amide bonds. The lowest BCUT2D eigenvalue weighted by Crippen LogP contribution is -2.48. The molecule has 4 rings (SSSR count). The number of anilines is 1. The number of hydrogen-bond donors (Lipinski definition) is 1. The summed E-state index contributed by atoms with van der Waals surface area (Å²) in [6, 6.07) is 21.7. The molecule has 3 aromatic rings. The van der Waals surface area contributed by atoms with Crippen LogP contribution in [0.5, 0.6) is 11.5 Å². The highest BCUT2D eigenvalue weighted by molar-refractivity contribution is 6.33. The number of aliphatic carboxylic acids is 1. The van der Waals surface area contributed by atoms with E-state index < -0.39 is 11.4 Å². The zero-order chi connectivity index (χ0) is 24.1. The minimum atomic E-state index is -0.840. The molecule has 0 unspecified atom stereocenters. The number of nitrogens with zero attached hydrogens (tertiary/aromatic N) is 1. The first-order valence-electron chi connectivity index (χ1n) is 11.0. The Kier molecular flexibility index (Phi) is 7.29. The molecule has 0 spiro atoms. The molecule has 1 heterocycles. The summed E-state index contributed by atoms with van der Waals surface area (Å²) in [6.45, 7) is 2.00. The molecule has 34 heavy (non-hydrogen) atoms. The average molecular weight is 482 g/mol. The average Bonchev–Trinajstić information content (AvgIpc) is 2.82. The maximum absolute atomic E-state index is 11.5. The third-order valence-corrected chi connectivity index (χ3v) is 6.53. The van der Waals surface area contributed by atoms with Gasteiger partial charge in [-0.3, -0.25) is 4.79 Å². The number of ether oxygens (including phenoxy) is 3. The normalized spacial score (nSPS) is 14.2. The Morgan fingerprint density at radius 1 is 0.941 bits per heavy atom. The molecule has 0 aliphatic carbocycles. The number of methoxy groups -OCH3 is 2. The first kappa shape index (κ1) is 23.9. The SMILES string of the molecule is COc1ccc(CN(Cc2ccc(OC)cc2)c2cc(C3(CC(=O)O)COC3)ccc2Cl)cc1. The maximum Gasteiger partial charge on any atom is 0.304 e. The van der Waals surface area contributed by atoms with Gasteiger partial charge in [0.25, 0.3) is 0 Å². The van der Waals surface area contributed by atoms with Gasteiger partial charge in [-0.2, -0.15) is 0 Å². The van der Waals surface area contributed by atoms with E-state index >= 15 is 0 Å². The number of carboxylic acid groups (broad SMARTS) is 1. The molecule has 1 aliphatic heterocycles. The van der Waals surface area contributed by atoms with Gasteiger partial charge < -0.3 is 24.2 Å². The van der Waals surface area contributed by atoms with E-state index in [9.17, 15) is 9.90 Å². The van der Waals surface area contributed by atoms with Gasteiger partial charge in [0, 0.05) is 13.1 Å². The topological polar surface area (TPSA) is 68.2 Å². The van der Waals surface area contributed by atoms with Gasteiger partial charge in [-0.1, -0.05) is 41.9 Å². The van der Waals surface area contributed by atoms with Crippen molar-refractivity contribution in [3.63, 3.8) is 0 Å². The fourth-order valence-corrected chi connectivity index (χ4v) is 4.46. The van der Waals surface area contributed by atoms with Crippen molar-refractivity contribution in [1.82, 2.24) is 0 Å². The minimum Gasteiger partial charge on any atom is -0.497 e. The summed E-state index contributed by atoms with van der Waals surface area (Å²) in [5, 5.41) is 10.1. The minimum absolute atomic E-state index is 0.0189. The van der Waals surface area contributed by atoms with Crippen LogP contribution in [-0.4, -0.2) is 38.5 Å². The summed E-state index contributed by atoms with van der Waals surface area (Å²) < 4.78 is 16.0. The Morgan fingerprint density at radius 3 is 1.88 bits per heavy atom. The second kappa shape index (κ2) is 10.4. The number of carbonyl (C=O) groups is 1. The third-order valence-electron chi connectivity index (χ3n) is 6.21. The van der Waals surface area contributed by atoms with E-state index in [2.05, 4.69) is 4.90 Å². The van der Waals surface area contributed by atoms with E-state index in [0.29, 0.717) is 31.3 Å². The van der Waals surface area contributed by atoms with Crippen LogP contribution in [0, 0.1) is 0 Å². The zero-order valence-electron chi connectivity index (χ0n) is 19.3. The lowest BCUT2D eigenvalue weighted by atomic mass is 9.75. The lowest BCUT2D eigenvalue weighted by molar-refractivity contribution is -0.145. The highest BCUT2D eigenvalue weighted by Gasteiger charge is 2.42. The van der Waals surface area contributed by atoms with Crippen LogP contribution in [0.4, 0.5) is 5.69 Å². The predicted octanol–water partition coefficient (Wildman–Crippen LogP) is 5.31. The highest BCUT2D eigenvalue weighted by atomic mass is 35.5. The van der Waals surface area contributed by atoms with Crippen LogP contribution in [0.3, 0.4) is 0 Å². The number of halogens is 1. The van der Waals surface area contributed by atoms with Crippen LogP contribution in [0.1, 0.15) is 23.1 Å². The van der Waals surface area contributed by atoms with Gasteiger partial charge in [0.15, 0.2) is 0 Å². The van der Waals surface area contributed by atoms with E-state index in [1.54, 1.807) is 14.2 Å². The fourth-order valence-electron chi connectivity index (χ4n) is 4.22. The number of hydrogen-bond acceptors (Lipinski definition) is 5. The summed E-state index contributed by atoms with van der Waals surface area (Å²) >= 11 is 6.71. The predicted molar refractivity (Wildman–Crippen MR) is 132 cm³/mol. The molecule has 178 valence electrons. The van der Waals surface area contributed by atoms with Gasteiger partial charge >= 0.3 is 5.97 Å². The van der Waals surface area contributed by atoms with Crippen LogP contribution in [0.2, 0.25) is 5.02 Å². The van der Waals surface area contributed by atoms with E-state index in [-0.39, 0.29) is 6.42 Å². The second-order valence-corrected chi connectivity index (χ2v) is 8.97. The molecule has 7 heteroatoms. The fraction of sp³-hybridized carbons (Fsp3) is 0.296. The van der Waals surface area contributed by atoms with Crippen LogP contribution in [-0.2, 0) is 28.0 Å². The summed E-state index contributed by atoms with van der Waals surface area (Å²) in [6.07, 6.45) is 0.0189. The maximum atomic E-state index is 11.5. The quantitative estimate of drug-likeness (QED) is 0.423. The van der Waals surface area contributed by atoms with Crippen molar-refractivity contribution in [3.05, 3.63) is 88.4 Å². The number of rotatable bonds is 10. The zero-order valence-corrected chi connectivity index (χ0v) is 20.0. The van der Waals surface area contributed by atoms with Gasteiger partial charge in [0.1, 0.15) is 11.5 Å². The van der Waals surface area contributed by atoms with Gasteiger partial charge in [-0.05, 0) is 53.1 Å². The molecule has 1 saturated heterocycles. The Balaban J connectivity index is 1.69. The Bertz CT molecular complexity index is 1080. The Hall–Kier alpha value is -3.22. The van der Waals surface area contributed by atoms with Crippen molar-refractivity contribution >= 4 is 23.3 Å². The van der Waals surface area contributed by atoms with E-state index in [0.717, 1.165) is 33.9 Å². The van der Waals surface area contributed by atoms with Crippen LogP contribution < -0.4 is 14.4 Å². The van der Waals surface area contributed by atoms with Gasteiger partial charge in [0.05, 0.1) is 50.0 Å². The molecule has 0 saturated carbocycles. The van der Waals surface area contributed by atoms with Crippen LogP contribution in [0.15, 0.2) is 66.7 Å². The molecule has 6 nitrogen and oxygen atoms in total. The first-order valence-corrected chi connectivity index (χ1v) is 11.4. The van der Waals surface area contributed by atoms with E-state index in [4.69, 9.17) is 25.8 Å². The molecule has 1 aliphatic rings.